The molecule has 0 aliphatic heterocycles. The smallest absolute Gasteiger partial charge is 0.203 e. The lowest BCUT2D eigenvalue weighted by atomic mass is 10.1. The maximum absolute atomic E-state index is 12.4. The van der Waals surface area contributed by atoms with Gasteiger partial charge in [0.25, 0.3) is 0 Å². The van der Waals surface area contributed by atoms with E-state index in [1.165, 1.54) is 11.3 Å². The number of nitrogen functional groups attached to an aromatic ring is 1. The van der Waals surface area contributed by atoms with Crippen molar-refractivity contribution in [3.8, 4) is 5.75 Å². The maximum atomic E-state index is 12.4. The summed E-state index contributed by atoms with van der Waals surface area (Å²) in [4.78, 5) is 14.3. The fourth-order valence-corrected chi connectivity index (χ4v) is 2.96. The molecule has 2 aromatic rings. The molecular formula is C15H17NO2S. The number of aryl methyl sites for hydroxylation is 2. The van der Waals surface area contributed by atoms with Gasteiger partial charge in [-0.05, 0) is 50.6 Å². The molecule has 0 unspecified atom stereocenters. The quantitative estimate of drug-likeness (QED) is 0.685. The molecule has 0 fully saturated rings. The van der Waals surface area contributed by atoms with Crippen LogP contribution in [0.4, 0.5) is 5.69 Å². The molecule has 0 aliphatic carbocycles. The van der Waals surface area contributed by atoms with Gasteiger partial charge in [-0.25, -0.2) is 0 Å². The van der Waals surface area contributed by atoms with Gasteiger partial charge < -0.3 is 10.5 Å². The molecule has 0 radical (unpaired) electrons. The molecule has 3 nitrogen and oxygen atoms in total. The fraction of sp³-hybridized carbons (Fsp3) is 0.267. The Labute approximate surface area is 117 Å². The number of anilines is 1. The van der Waals surface area contributed by atoms with E-state index in [0.717, 1.165) is 15.3 Å². The Bertz CT molecular complexity index is 617. The minimum absolute atomic E-state index is 0.0188. The zero-order chi connectivity index (χ0) is 14.0. The predicted octanol–water partition coefficient (Wildman–Crippen LogP) is 3.58. The van der Waals surface area contributed by atoms with Crippen LogP contribution in [0.25, 0.3) is 0 Å². The Morgan fingerprint density at radius 1 is 1.32 bits per heavy atom. The summed E-state index contributed by atoms with van der Waals surface area (Å²) >= 11 is 1.52. The van der Waals surface area contributed by atoms with Crippen molar-refractivity contribution >= 4 is 22.8 Å². The van der Waals surface area contributed by atoms with Crippen molar-refractivity contribution in [2.75, 3.05) is 12.3 Å². The minimum atomic E-state index is 0.0188. The summed E-state index contributed by atoms with van der Waals surface area (Å²) in [7, 11) is 0. The van der Waals surface area contributed by atoms with E-state index < -0.39 is 0 Å². The highest BCUT2D eigenvalue weighted by Crippen LogP contribution is 2.27. The second-order valence-corrected chi connectivity index (χ2v) is 5.64. The van der Waals surface area contributed by atoms with E-state index in [4.69, 9.17) is 10.5 Å². The molecule has 0 spiro atoms. The molecule has 2 N–H and O–H groups in total. The van der Waals surface area contributed by atoms with Crippen molar-refractivity contribution < 1.29 is 9.53 Å². The highest BCUT2D eigenvalue weighted by Gasteiger charge is 2.15. The summed E-state index contributed by atoms with van der Waals surface area (Å²) in [5.41, 5.74) is 8.01. The largest absolute Gasteiger partial charge is 0.492 e. The van der Waals surface area contributed by atoms with Crippen LogP contribution in [0.3, 0.4) is 0 Å². The molecule has 0 bridgehead atoms. The van der Waals surface area contributed by atoms with Crippen molar-refractivity contribution in [3.63, 3.8) is 0 Å². The van der Waals surface area contributed by atoms with Crippen LogP contribution in [0.2, 0.25) is 0 Å². The third kappa shape index (κ3) is 2.79. The van der Waals surface area contributed by atoms with Crippen LogP contribution in [-0.4, -0.2) is 12.4 Å². The maximum Gasteiger partial charge on any atom is 0.203 e. The van der Waals surface area contributed by atoms with Crippen molar-refractivity contribution in [2.24, 2.45) is 0 Å². The van der Waals surface area contributed by atoms with E-state index in [-0.39, 0.29) is 5.78 Å². The van der Waals surface area contributed by atoms with E-state index in [9.17, 15) is 4.79 Å². The molecule has 4 heteroatoms. The normalized spacial score (nSPS) is 10.5. The van der Waals surface area contributed by atoms with E-state index in [0.29, 0.717) is 23.6 Å². The van der Waals surface area contributed by atoms with Gasteiger partial charge in [0.05, 0.1) is 17.2 Å². The topological polar surface area (TPSA) is 52.3 Å². The Morgan fingerprint density at radius 3 is 2.58 bits per heavy atom. The first kappa shape index (κ1) is 13.6. The summed E-state index contributed by atoms with van der Waals surface area (Å²) in [6.45, 7) is 6.41. The Kier molecular flexibility index (Phi) is 3.90. The third-order valence-corrected chi connectivity index (χ3v) is 3.97. The van der Waals surface area contributed by atoms with Gasteiger partial charge in [-0.15, -0.1) is 11.3 Å². The van der Waals surface area contributed by atoms with Crippen molar-refractivity contribution in [1.29, 1.82) is 0 Å². The van der Waals surface area contributed by atoms with Crippen LogP contribution in [0, 0.1) is 13.8 Å². The van der Waals surface area contributed by atoms with E-state index >= 15 is 0 Å². The van der Waals surface area contributed by atoms with Crippen LogP contribution in [-0.2, 0) is 0 Å². The summed E-state index contributed by atoms with van der Waals surface area (Å²) in [5.74, 6) is 0.642. The van der Waals surface area contributed by atoms with Crippen LogP contribution in [0.1, 0.15) is 32.6 Å². The fourth-order valence-electron chi connectivity index (χ4n) is 1.97. The highest BCUT2D eigenvalue weighted by molar-refractivity contribution is 7.14. The molecule has 1 heterocycles. The SMILES string of the molecule is CCOc1ccc(C(=O)c2sc(C)cc2C)cc1N. The van der Waals surface area contributed by atoms with Gasteiger partial charge in [-0.1, -0.05) is 0 Å². The third-order valence-electron chi connectivity index (χ3n) is 2.82. The van der Waals surface area contributed by atoms with Gasteiger partial charge in [0.1, 0.15) is 5.75 Å². The standard InChI is InChI=1S/C15H17NO2S/c1-4-18-13-6-5-11(8-12(13)16)14(17)15-9(2)7-10(3)19-15/h5-8H,4,16H2,1-3H3. The number of carbonyl (C=O) groups excluding carboxylic acids is 1. The van der Waals surface area contributed by atoms with Crippen molar-refractivity contribution in [2.45, 2.75) is 20.8 Å². The number of carbonyl (C=O) groups is 1. The van der Waals surface area contributed by atoms with Crippen LogP contribution < -0.4 is 10.5 Å². The summed E-state index contributed by atoms with van der Waals surface area (Å²) in [5, 5.41) is 0. The Balaban J connectivity index is 2.34. The lowest BCUT2D eigenvalue weighted by molar-refractivity contribution is 0.104. The number of hydrogen-bond acceptors (Lipinski definition) is 4. The molecular weight excluding hydrogens is 258 g/mol. The van der Waals surface area contributed by atoms with Gasteiger partial charge >= 0.3 is 0 Å². The van der Waals surface area contributed by atoms with Crippen LogP contribution >= 0.6 is 11.3 Å². The zero-order valence-electron chi connectivity index (χ0n) is 11.3. The molecule has 19 heavy (non-hydrogen) atoms. The molecule has 1 aromatic carbocycles. The summed E-state index contributed by atoms with van der Waals surface area (Å²) < 4.78 is 5.37. The zero-order valence-corrected chi connectivity index (χ0v) is 12.1. The first-order chi connectivity index (χ1) is 9.02. The van der Waals surface area contributed by atoms with Gasteiger partial charge in [-0.2, -0.15) is 0 Å². The van der Waals surface area contributed by atoms with E-state index in [2.05, 4.69) is 0 Å². The summed E-state index contributed by atoms with van der Waals surface area (Å²) in [6, 6.07) is 7.22. The van der Waals surface area contributed by atoms with Gasteiger partial charge in [-0.3, -0.25) is 4.79 Å². The van der Waals surface area contributed by atoms with Gasteiger partial charge in [0.15, 0.2) is 0 Å². The van der Waals surface area contributed by atoms with Crippen molar-refractivity contribution in [3.05, 3.63) is 45.1 Å². The first-order valence-electron chi connectivity index (χ1n) is 6.17. The van der Waals surface area contributed by atoms with Crippen LogP contribution in [0.5, 0.6) is 5.75 Å². The predicted molar refractivity (Wildman–Crippen MR) is 79.2 cm³/mol. The van der Waals surface area contributed by atoms with Crippen LogP contribution in [0.15, 0.2) is 24.3 Å². The summed E-state index contributed by atoms with van der Waals surface area (Å²) in [6.07, 6.45) is 0. The molecule has 0 atom stereocenters. The molecule has 100 valence electrons. The second kappa shape index (κ2) is 5.45. The lowest BCUT2D eigenvalue weighted by Crippen LogP contribution is -2.03. The monoisotopic (exact) mass is 275 g/mol. The van der Waals surface area contributed by atoms with Crippen molar-refractivity contribution in [1.82, 2.24) is 0 Å². The number of nitrogens with two attached hydrogens (primary N) is 1. The average Bonchev–Trinajstić information content (AvgIpc) is 2.70. The second-order valence-electron chi connectivity index (χ2n) is 4.38. The molecule has 2 rings (SSSR count). The van der Waals surface area contributed by atoms with Gasteiger partial charge in [0, 0.05) is 10.4 Å². The molecule has 1 aromatic heterocycles. The lowest BCUT2D eigenvalue weighted by Gasteiger charge is -2.08. The molecule has 0 aliphatic rings. The molecule has 0 saturated carbocycles. The number of ether oxygens (including phenoxy) is 1. The highest BCUT2D eigenvalue weighted by atomic mass is 32.1. The minimum Gasteiger partial charge on any atom is -0.492 e. The van der Waals surface area contributed by atoms with E-state index in [1.807, 2.05) is 26.8 Å². The van der Waals surface area contributed by atoms with Gasteiger partial charge in [0.2, 0.25) is 5.78 Å². The number of ketones is 1. The molecule has 0 amide bonds. The average molecular weight is 275 g/mol. The number of hydrogen-bond donors (Lipinski definition) is 1. The number of rotatable bonds is 4. The molecule has 0 saturated heterocycles. The number of thiophene rings is 1. The Hall–Kier alpha value is -1.81. The Morgan fingerprint density at radius 2 is 2.05 bits per heavy atom. The van der Waals surface area contributed by atoms with E-state index in [1.54, 1.807) is 18.2 Å². The first-order valence-corrected chi connectivity index (χ1v) is 6.98. The number of benzene rings is 1.